The molecule has 7 nitrogen and oxygen atoms in total. The molecule has 0 radical (unpaired) electrons. The van der Waals surface area contributed by atoms with Crippen LogP contribution in [0.3, 0.4) is 0 Å². The summed E-state index contributed by atoms with van der Waals surface area (Å²) in [6.45, 7) is 1.89. The highest BCUT2D eigenvalue weighted by molar-refractivity contribution is 5.91. The third kappa shape index (κ3) is 5.59. The van der Waals surface area contributed by atoms with E-state index in [0.717, 1.165) is 30.5 Å². The maximum absolute atomic E-state index is 12.5. The number of ether oxygens (including phenoxy) is 1. The largest absolute Gasteiger partial charge is 0.372 e. The summed E-state index contributed by atoms with van der Waals surface area (Å²) in [5.74, 6) is 0.629. The fourth-order valence-electron chi connectivity index (χ4n) is 2.89. The molecule has 27 heavy (non-hydrogen) atoms. The second-order valence-electron chi connectivity index (χ2n) is 6.76. The monoisotopic (exact) mass is 367 g/mol. The fraction of sp³-hybridized carbons (Fsp3) is 0.400. The molecule has 0 bridgehead atoms. The van der Waals surface area contributed by atoms with E-state index in [1.807, 2.05) is 36.0 Å². The van der Waals surface area contributed by atoms with Crippen molar-refractivity contribution in [1.82, 2.24) is 19.9 Å². The Morgan fingerprint density at radius 3 is 2.85 bits per heavy atom. The Hall–Kier alpha value is -2.80. The summed E-state index contributed by atoms with van der Waals surface area (Å²) in [6.07, 6.45) is 12.3. The van der Waals surface area contributed by atoms with Gasteiger partial charge in [0.05, 0.1) is 12.7 Å². The number of carbonyl (C=O) groups is 1. The van der Waals surface area contributed by atoms with Crippen molar-refractivity contribution in [2.24, 2.45) is 0 Å². The van der Waals surface area contributed by atoms with Gasteiger partial charge in [-0.1, -0.05) is 6.07 Å². The predicted molar refractivity (Wildman–Crippen MR) is 104 cm³/mol. The molecule has 0 saturated carbocycles. The number of hydrogen-bond acceptors (Lipinski definition) is 6. The zero-order valence-electron chi connectivity index (χ0n) is 15.8. The van der Waals surface area contributed by atoms with Gasteiger partial charge in [-0.3, -0.25) is 9.78 Å². The van der Waals surface area contributed by atoms with Crippen LogP contribution in [-0.4, -0.2) is 59.0 Å². The first-order chi connectivity index (χ1) is 13.1. The first-order valence-electron chi connectivity index (χ1n) is 9.08. The summed E-state index contributed by atoms with van der Waals surface area (Å²) < 4.78 is 5.97. The lowest BCUT2D eigenvalue weighted by Gasteiger charge is -2.32. The van der Waals surface area contributed by atoms with Gasteiger partial charge in [-0.25, -0.2) is 9.97 Å². The van der Waals surface area contributed by atoms with Crippen LogP contribution in [0.25, 0.3) is 6.08 Å². The van der Waals surface area contributed by atoms with E-state index in [9.17, 15) is 4.79 Å². The van der Waals surface area contributed by atoms with E-state index in [1.165, 1.54) is 0 Å². The predicted octanol–water partition coefficient (Wildman–Crippen LogP) is 2.16. The highest BCUT2D eigenvalue weighted by Crippen LogP contribution is 2.16. The van der Waals surface area contributed by atoms with Gasteiger partial charge in [-0.2, -0.15) is 0 Å². The van der Waals surface area contributed by atoms with E-state index in [4.69, 9.17) is 4.74 Å². The van der Waals surface area contributed by atoms with Gasteiger partial charge in [0, 0.05) is 63.6 Å². The van der Waals surface area contributed by atoms with Crippen molar-refractivity contribution in [2.75, 3.05) is 32.1 Å². The molecule has 2 aromatic rings. The molecule has 3 heterocycles. The van der Waals surface area contributed by atoms with Crippen LogP contribution in [0.5, 0.6) is 0 Å². The van der Waals surface area contributed by atoms with Gasteiger partial charge in [0.2, 0.25) is 11.9 Å². The maximum Gasteiger partial charge on any atom is 0.246 e. The van der Waals surface area contributed by atoms with Crippen molar-refractivity contribution in [2.45, 2.75) is 25.6 Å². The van der Waals surface area contributed by atoms with E-state index in [0.29, 0.717) is 19.1 Å². The molecular weight excluding hydrogens is 342 g/mol. The normalized spacial score (nSPS) is 17.3. The second kappa shape index (κ2) is 9.23. The number of pyridine rings is 1. The molecule has 0 aliphatic carbocycles. The van der Waals surface area contributed by atoms with Crippen molar-refractivity contribution in [3.05, 3.63) is 54.1 Å². The molecule has 2 aromatic heterocycles. The summed E-state index contributed by atoms with van der Waals surface area (Å²) in [5.41, 5.74) is 1.84. The molecule has 1 amide bonds. The molecule has 0 N–H and O–H groups in total. The van der Waals surface area contributed by atoms with Crippen LogP contribution in [0.1, 0.15) is 24.0 Å². The summed E-state index contributed by atoms with van der Waals surface area (Å²) in [5, 5.41) is 0. The first kappa shape index (κ1) is 19.0. The first-order valence-corrected chi connectivity index (χ1v) is 9.08. The summed E-state index contributed by atoms with van der Waals surface area (Å²) in [4.78, 5) is 28.7. The molecule has 1 atom stereocenters. The number of anilines is 1. The van der Waals surface area contributed by atoms with Crippen molar-refractivity contribution >= 4 is 17.9 Å². The average Bonchev–Trinajstić information content (AvgIpc) is 2.72. The number of likely N-dealkylation sites (tertiary alicyclic amines) is 1. The zero-order chi connectivity index (χ0) is 19.1. The van der Waals surface area contributed by atoms with Crippen LogP contribution in [0.2, 0.25) is 0 Å². The van der Waals surface area contributed by atoms with Crippen LogP contribution in [0.4, 0.5) is 5.95 Å². The van der Waals surface area contributed by atoms with E-state index < -0.39 is 0 Å². The van der Waals surface area contributed by atoms with Crippen LogP contribution in [0, 0.1) is 0 Å². The Morgan fingerprint density at radius 1 is 1.33 bits per heavy atom. The van der Waals surface area contributed by atoms with Gasteiger partial charge >= 0.3 is 0 Å². The van der Waals surface area contributed by atoms with Crippen molar-refractivity contribution in [1.29, 1.82) is 0 Å². The highest BCUT2D eigenvalue weighted by atomic mass is 16.5. The highest BCUT2D eigenvalue weighted by Gasteiger charge is 2.22. The standard InChI is InChI=1S/C20H25N5O2/c1-24(2)20-22-12-16(13-23-20)7-8-19(26)25-10-4-6-18(14-25)27-15-17-5-3-9-21-11-17/h3,5,7-9,11-13,18H,4,6,10,14-15H2,1-2H3. The van der Waals surface area contributed by atoms with Gasteiger partial charge < -0.3 is 14.5 Å². The van der Waals surface area contributed by atoms with Gasteiger partial charge in [0.1, 0.15) is 0 Å². The molecule has 1 saturated heterocycles. The van der Waals surface area contributed by atoms with Gasteiger partial charge in [0.15, 0.2) is 0 Å². The van der Waals surface area contributed by atoms with E-state index in [1.54, 1.807) is 36.9 Å². The number of piperidine rings is 1. The van der Waals surface area contributed by atoms with Crippen molar-refractivity contribution < 1.29 is 9.53 Å². The second-order valence-corrected chi connectivity index (χ2v) is 6.76. The summed E-state index contributed by atoms with van der Waals surface area (Å²) in [7, 11) is 3.77. The lowest BCUT2D eigenvalue weighted by atomic mass is 10.1. The van der Waals surface area contributed by atoms with E-state index in [2.05, 4.69) is 15.0 Å². The molecular formula is C20H25N5O2. The zero-order valence-corrected chi connectivity index (χ0v) is 15.8. The lowest BCUT2D eigenvalue weighted by molar-refractivity contribution is -0.130. The molecule has 1 aliphatic heterocycles. The molecule has 1 aliphatic rings. The van der Waals surface area contributed by atoms with E-state index >= 15 is 0 Å². The fourth-order valence-corrected chi connectivity index (χ4v) is 2.89. The maximum atomic E-state index is 12.5. The molecule has 0 spiro atoms. The van der Waals surface area contributed by atoms with Gasteiger partial charge in [-0.05, 0) is 30.5 Å². The topological polar surface area (TPSA) is 71.5 Å². The van der Waals surface area contributed by atoms with Crippen molar-refractivity contribution in [3.63, 3.8) is 0 Å². The minimum Gasteiger partial charge on any atom is -0.372 e. The van der Waals surface area contributed by atoms with Crippen LogP contribution in [0.15, 0.2) is 43.0 Å². The number of nitrogens with zero attached hydrogens (tertiary/aromatic N) is 5. The van der Waals surface area contributed by atoms with Crippen LogP contribution < -0.4 is 4.90 Å². The smallest absolute Gasteiger partial charge is 0.246 e. The van der Waals surface area contributed by atoms with Gasteiger partial charge in [-0.15, -0.1) is 0 Å². The molecule has 7 heteroatoms. The number of rotatable bonds is 6. The Morgan fingerprint density at radius 2 is 2.15 bits per heavy atom. The van der Waals surface area contributed by atoms with Crippen molar-refractivity contribution in [3.8, 4) is 0 Å². The van der Waals surface area contributed by atoms with Gasteiger partial charge in [0.25, 0.3) is 0 Å². The Kier molecular flexibility index (Phi) is 6.49. The minimum atomic E-state index is -0.0126. The third-order valence-electron chi connectivity index (χ3n) is 4.37. The number of amides is 1. The lowest BCUT2D eigenvalue weighted by Crippen LogP contribution is -2.42. The Bertz CT molecular complexity index is 762. The number of carbonyl (C=O) groups excluding carboxylic acids is 1. The molecule has 0 aromatic carbocycles. The van der Waals surface area contributed by atoms with E-state index in [-0.39, 0.29) is 12.0 Å². The summed E-state index contributed by atoms with van der Waals surface area (Å²) >= 11 is 0. The number of aromatic nitrogens is 3. The Labute approximate surface area is 159 Å². The number of hydrogen-bond donors (Lipinski definition) is 0. The molecule has 1 fully saturated rings. The van der Waals surface area contributed by atoms with Crippen LogP contribution >= 0.6 is 0 Å². The molecule has 1 unspecified atom stereocenters. The average molecular weight is 367 g/mol. The SMILES string of the molecule is CN(C)c1ncc(C=CC(=O)N2CCCC(OCc3cccnc3)C2)cn1. The minimum absolute atomic E-state index is 0.0126. The molecule has 142 valence electrons. The third-order valence-corrected chi connectivity index (χ3v) is 4.37. The quantitative estimate of drug-likeness (QED) is 0.729. The molecule has 3 rings (SSSR count). The summed E-state index contributed by atoms with van der Waals surface area (Å²) in [6, 6.07) is 3.89. The van der Waals surface area contributed by atoms with Crippen LogP contribution in [-0.2, 0) is 16.1 Å². The Balaban J connectivity index is 1.51.